The zero-order valence-electron chi connectivity index (χ0n) is 23.5. The maximum Gasteiger partial charge on any atom is 0.243 e. The molecule has 7 heteroatoms. The molecule has 3 aromatic rings. The van der Waals surface area contributed by atoms with Crippen LogP contribution in [0.15, 0.2) is 48.7 Å². The fourth-order valence-corrected chi connectivity index (χ4v) is 6.12. The number of rotatable bonds is 9. The third kappa shape index (κ3) is 7.08. The second kappa shape index (κ2) is 12.8. The summed E-state index contributed by atoms with van der Waals surface area (Å²) in [5.74, 6) is -0.242. The average molecular weight is 530 g/mol. The van der Waals surface area contributed by atoms with Gasteiger partial charge in [0.2, 0.25) is 11.8 Å². The first-order valence-electron chi connectivity index (χ1n) is 14.6. The van der Waals surface area contributed by atoms with Crippen LogP contribution in [0, 0.1) is 13.8 Å². The molecular weight excluding hydrogens is 486 g/mol. The van der Waals surface area contributed by atoms with E-state index in [4.69, 9.17) is 0 Å². The number of carbonyl (C=O) groups is 2. The minimum Gasteiger partial charge on any atom is -0.361 e. The van der Waals surface area contributed by atoms with Gasteiger partial charge in [0.15, 0.2) is 0 Å². The van der Waals surface area contributed by atoms with Gasteiger partial charge in [-0.1, -0.05) is 42.8 Å². The number of aromatic nitrogens is 1. The first-order valence-corrected chi connectivity index (χ1v) is 14.6. The van der Waals surface area contributed by atoms with E-state index < -0.39 is 6.04 Å². The smallest absolute Gasteiger partial charge is 0.243 e. The van der Waals surface area contributed by atoms with Crippen LogP contribution in [-0.4, -0.2) is 71.4 Å². The molecule has 2 fully saturated rings. The Kier molecular flexibility index (Phi) is 8.99. The summed E-state index contributed by atoms with van der Waals surface area (Å²) in [4.78, 5) is 34.8. The van der Waals surface area contributed by atoms with E-state index in [2.05, 4.69) is 57.5 Å². The molecule has 2 saturated heterocycles. The van der Waals surface area contributed by atoms with Crippen molar-refractivity contribution in [3.05, 3.63) is 70.9 Å². The third-order valence-electron chi connectivity index (χ3n) is 8.62. The average Bonchev–Trinajstić information content (AvgIpc) is 3.37. The van der Waals surface area contributed by atoms with Gasteiger partial charge in [-0.05, 0) is 80.9 Å². The van der Waals surface area contributed by atoms with Crippen molar-refractivity contribution in [1.29, 1.82) is 0 Å². The van der Waals surface area contributed by atoms with Gasteiger partial charge in [-0.15, -0.1) is 0 Å². The number of benzene rings is 2. The van der Waals surface area contributed by atoms with Gasteiger partial charge in [-0.2, -0.15) is 0 Å². The van der Waals surface area contributed by atoms with Gasteiger partial charge in [-0.3, -0.25) is 14.5 Å². The molecule has 1 aromatic heterocycles. The zero-order chi connectivity index (χ0) is 27.2. The molecule has 2 aliphatic rings. The number of nitrogens with one attached hydrogen (secondary N) is 3. The van der Waals surface area contributed by atoms with E-state index in [-0.39, 0.29) is 11.8 Å². The second-order valence-corrected chi connectivity index (χ2v) is 11.4. The maximum atomic E-state index is 13.4. The number of carbonyl (C=O) groups excluding carboxylic acids is 2. The summed E-state index contributed by atoms with van der Waals surface area (Å²) in [5.41, 5.74) is 5.55. The maximum absolute atomic E-state index is 13.4. The van der Waals surface area contributed by atoms with E-state index in [1.165, 1.54) is 43.5 Å². The highest BCUT2D eigenvalue weighted by molar-refractivity contribution is 5.90. The highest BCUT2D eigenvalue weighted by atomic mass is 16.2. The number of aromatic amines is 1. The highest BCUT2D eigenvalue weighted by Crippen LogP contribution is 2.21. The van der Waals surface area contributed by atoms with Crippen LogP contribution >= 0.6 is 0 Å². The molecule has 0 aliphatic carbocycles. The van der Waals surface area contributed by atoms with Crippen molar-refractivity contribution in [2.45, 2.75) is 71.0 Å². The van der Waals surface area contributed by atoms with Gasteiger partial charge in [0, 0.05) is 49.2 Å². The molecule has 3 N–H and O–H groups in total. The van der Waals surface area contributed by atoms with Gasteiger partial charge >= 0.3 is 0 Å². The van der Waals surface area contributed by atoms with Crippen LogP contribution in [0.5, 0.6) is 0 Å². The Labute approximate surface area is 232 Å². The molecule has 1 atom stereocenters. The van der Waals surface area contributed by atoms with Crippen molar-refractivity contribution >= 4 is 22.7 Å². The Bertz CT molecular complexity index is 1270. The van der Waals surface area contributed by atoms with Crippen LogP contribution in [0.3, 0.4) is 0 Å². The Hall–Kier alpha value is -3.16. The molecule has 208 valence electrons. The van der Waals surface area contributed by atoms with E-state index in [9.17, 15) is 9.59 Å². The summed E-state index contributed by atoms with van der Waals surface area (Å²) < 4.78 is 0. The first kappa shape index (κ1) is 27.4. The minimum absolute atomic E-state index is 0.0856. The number of para-hydroxylation sites is 1. The predicted octanol–water partition coefficient (Wildman–Crippen LogP) is 4.08. The van der Waals surface area contributed by atoms with Crippen molar-refractivity contribution in [3.8, 4) is 0 Å². The number of hydrogen-bond donors (Lipinski definition) is 3. The van der Waals surface area contributed by atoms with E-state index in [0.717, 1.165) is 48.0 Å². The summed E-state index contributed by atoms with van der Waals surface area (Å²) in [5, 5.41) is 7.24. The van der Waals surface area contributed by atoms with Crippen LogP contribution in [-0.2, 0) is 22.6 Å². The number of H-pyrrole nitrogens is 1. The van der Waals surface area contributed by atoms with Gasteiger partial charge in [-0.25, -0.2) is 0 Å². The van der Waals surface area contributed by atoms with Crippen LogP contribution in [0.2, 0.25) is 0 Å². The van der Waals surface area contributed by atoms with Gasteiger partial charge in [0.25, 0.3) is 0 Å². The third-order valence-corrected chi connectivity index (χ3v) is 8.62. The number of aryl methyl sites for hydroxylation is 2. The van der Waals surface area contributed by atoms with Crippen LogP contribution < -0.4 is 10.6 Å². The van der Waals surface area contributed by atoms with Gasteiger partial charge < -0.3 is 20.5 Å². The molecule has 0 spiro atoms. The molecule has 2 aliphatic heterocycles. The SMILES string of the molecule is Cc1ccc(CNC(=O)C(Cc2c[nH]c3ccccc23)NC(=O)CN2CCC(N3CCCCC3)CC2)cc1C. The second-order valence-electron chi connectivity index (χ2n) is 11.4. The van der Waals surface area contributed by atoms with Crippen LogP contribution in [0.4, 0.5) is 0 Å². The lowest BCUT2D eigenvalue weighted by atomic mass is 10.00. The van der Waals surface area contributed by atoms with E-state index >= 15 is 0 Å². The molecule has 0 radical (unpaired) electrons. The lowest BCUT2D eigenvalue weighted by Crippen LogP contribution is -2.52. The van der Waals surface area contributed by atoms with Crippen LogP contribution in [0.1, 0.15) is 54.4 Å². The van der Waals surface area contributed by atoms with Crippen molar-refractivity contribution in [2.75, 3.05) is 32.7 Å². The van der Waals surface area contributed by atoms with Crippen molar-refractivity contribution < 1.29 is 9.59 Å². The molecule has 5 rings (SSSR count). The molecule has 3 heterocycles. The van der Waals surface area contributed by atoms with Crippen molar-refractivity contribution in [3.63, 3.8) is 0 Å². The number of hydrogen-bond acceptors (Lipinski definition) is 4. The molecule has 2 aromatic carbocycles. The number of fused-ring (bicyclic) bond motifs is 1. The Balaban J connectivity index is 1.21. The Morgan fingerprint density at radius 2 is 1.74 bits per heavy atom. The van der Waals surface area contributed by atoms with E-state index in [0.29, 0.717) is 25.6 Å². The molecule has 39 heavy (non-hydrogen) atoms. The fraction of sp³-hybridized carbons (Fsp3) is 0.500. The summed E-state index contributed by atoms with van der Waals surface area (Å²) >= 11 is 0. The Morgan fingerprint density at radius 3 is 2.51 bits per heavy atom. The molecule has 1 unspecified atom stereocenters. The largest absolute Gasteiger partial charge is 0.361 e. The normalized spacial score (nSPS) is 18.2. The summed E-state index contributed by atoms with van der Waals surface area (Å²) in [7, 11) is 0. The van der Waals surface area contributed by atoms with Crippen LogP contribution in [0.25, 0.3) is 10.9 Å². The van der Waals surface area contributed by atoms with E-state index in [1.54, 1.807) is 0 Å². The van der Waals surface area contributed by atoms with Crippen molar-refractivity contribution in [2.24, 2.45) is 0 Å². The summed E-state index contributed by atoms with van der Waals surface area (Å²) in [6, 6.07) is 14.3. The first-order chi connectivity index (χ1) is 19.0. The zero-order valence-corrected chi connectivity index (χ0v) is 23.5. The topological polar surface area (TPSA) is 80.5 Å². The number of nitrogens with zero attached hydrogens (tertiary/aromatic N) is 2. The number of piperidine rings is 2. The molecular formula is C32H43N5O2. The summed E-state index contributed by atoms with van der Waals surface area (Å²) in [6.45, 7) is 9.24. The van der Waals surface area contributed by atoms with Gasteiger partial charge in [0.05, 0.1) is 6.54 Å². The predicted molar refractivity (Wildman–Crippen MR) is 157 cm³/mol. The lowest BCUT2D eigenvalue weighted by Gasteiger charge is -2.40. The quantitative estimate of drug-likeness (QED) is 0.390. The van der Waals surface area contributed by atoms with Gasteiger partial charge in [0.1, 0.15) is 6.04 Å². The number of likely N-dealkylation sites (tertiary alicyclic amines) is 2. The standard InChI is InChI=1S/C32H43N5O2/c1-23-10-11-25(18-24(23)2)20-34-32(39)30(19-26-21-33-29-9-5-4-8-28(26)29)35-31(38)22-36-16-12-27(13-17-36)37-14-6-3-7-15-37/h4-5,8-11,18,21,27,30,33H,3,6-7,12-17,19-20,22H2,1-2H3,(H,34,39)(H,35,38). The summed E-state index contributed by atoms with van der Waals surface area (Å²) in [6.07, 6.45) is 8.59. The fourth-order valence-electron chi connectivity index (χ4n) is 6.12. The lowest BCUT2D eigenvalue weighted by molar-refractivity contribution is -0.129. The molecule has 0 bridgehead atoms. The molecule has 2 amide bonds. The van der Waals surface area contributed by atoms with E-state index in [1.807, 2.05) is 30.5 Å². The van der Waals surface area contributed by atoms with Crippen molar-refractivity contribution in [1.82, 2.24) is 25.4 Å². The minimum atomic E-state index is -0.644. The molecule has 0 saturated carbocycles. The molecule has 7 nitrogen and oxygen atoms in total. The highest BCUT2D eigenvalue weighted by Gasteiger charge is 2.28. The monoisotopic (exact) mass is 529 g/mol. The Morgan fingerprint density at radius 1 is 0.974 bits per heavy atom. The number of amides is 2.